The van der Waals surface area contributed by atoms with Crippen molar-refractivity contribution in [3.8, 4) is 0 Å². The van der Waals surface area contributed by atoms with Crippen LogP contribution in [0.5, 0.6) is 0 Å². The van der Waals surface area contributed by atoms with E-state index in [0.717, 1.165) is 30.3 Å². The second-order valence-electron chi connectivity index (χ2n) is 7.00. The number of hydrogen-bond acceptors (Lipinski definition) is 4. The molecule has 2 aliphatic rings. The molecule has 1 aromatic carbocycles. The van der Waals surface area contributed by atoms with Gasteiger partial charge in [-0.3, -0.25) is 9.63 Å². The zero-order valence-electron chi connectivity index (χ0n) is 15.2. The summed E-state index contributed by atoms with van der Waals surface area (Å²) in [5.41, 5.74) is 0.351. The molecule has 2 atom stereocenters. The van der Waals surface area contributed by atoms with Gasteiger partial charge in [0.1, 0.15) is 4.90 Å². The summed E-state index contributed by atoms with van der Waals surface area (Å²) in [6.45, 7) is 0.725. The van der Waals surface area contributed by atoms with E-state index < -0.39 is 10.0 Å². The van der Waals surface area contributed by atoms with Gasteiger partial charge in [-0.25, -0.2) is 8.42 Å². The van der Waals surface area contributed by atoms with E-state index in [4.69, 9.17) is 16.4 Å². The zero-order chi connectivity index (χ0) is 18.9. The lowest BCUT2D eigenvalue weighted by molar-refractivity contribution is -0.0258. The van der Waals surface area contributed by atoms with Crippen molar-refractivity contribution in [1.29, 1.82) is 0 Å². The number of sulfonamides is 1. The Labute approximate surface area is 160 Å². The lowest BCUT2D eigenvalue weighted by Crippen LogP contribution is -2.49. The Balaban J connectivity index is 1.92. The van der Waals surface area contributed by atoms with Crippen LogP contribution < -0.4 is 0 Å². The van der Waals surface area contributed by atoms with Gasteiger partial charge in [0.05, 0.1) is 12.1 Å². The molecule has 1 saturated carbocycles. The van der Waals surface area contributed by atoms with Crippen LogP contribution in [0.4, 0.5) is 0 Å². The molecule has 8 heteroatoms. The Bertz CT molecular complexity index is 781. The maximum Gasteiger partial charge on any atom is 0.266 e. The summed E-state index contributed by atoms with van der Waals surface area (Å²) in [6.07, 6.45) is 6.75. The minimum absolute atomic E-state index is 0.0691. The van der Waals surface area contributed by atoms with Gasteiger partial charge in [-0.2, -0.15) is 0 Å². The van der Waals surface area contributed by atoms with E-state index in [9.17, 15) is 13.2 Å². The van der Waals surface area contributed by atoms with Gasteiger partial charge in [-0.1, -0.05) is 28.9 Å². The van der Waals surface area contributed by atoms with Crippen LogP contribution in [-0.2, 0) is 14.9 Å². The molecular weight excluding hydrogens is 376 g/mol. The molecule has 2 fully saturated rings. The number of nitrogens with zero attached hydrogens (tertiary/aromatic N) is 2. The SMILES string of the molecule is CON(C)S(=O)(=O)c1cc(C(=O)N2CCCC3CCCCC32)ccc1Cl. The van der Waals surface area contributed by atoms with Crippen molar-refractivity contribution in [3.05, 3.63) is 28.8 Å². The standard InChI is InChI=1S/C18H25ClN2O4S/c1-20(25-2)26(23,24)17-12-14(9-10-15(17)19)18(22)21-11-5-7-13-6-3-4-8-16(13)21/h9-10,12-13,16H,3-8,11H2,1-2H3. The van der Waals surface area contributed by atoms with E-state index in [2.05, 4.69) is 0 Å². The first kappa shape index (κ1) is 19.6. The number of amides is 1. The van der Waals surface area contributed by atoms with Gasteiger partial charge in [0.2, 0.25) is 0 Å². The van der Waals surface area contributed by atoms with Crippen LogP contribution in [0.1, 0.15) is 48.9 Å². The normalized spacial score (nSPS) is 23.8. The van der Waals surface area contributed by atoms with Crippen LogP contribution in [0.2, 0.25) is 5.02 Å². The summed E-state index contributed by atoms with van der Waals surface area (Å²) in [4.78, 5) is 19.7. The predicted molar refractivity (Wildman–Crippen MR) is 99.4 cm³/mol. The lowest BCUT2D eigenvalue weighted by atomic mass is 9.78. The molecule has 1 amide bonds. The summed E-state index contributed by atoms with van der Waals surface area (Å²) in [5, 5.41) is 0.0691. The van der Waals surface area contributed by atoms with E-state index in [1.807, 2.05) is 4.90 Å². The highest BCUT2D eigenvalue weighted by Crippen LogP contribution is 2.36. The van der Waals surface area contributed by atoms with Crippen LogP contribution in [0.15, 0.2) is 23.1 Å². The molecule has 1 aromatic rings. The number of piperidine rings is 1. The second-order valence-corrected chi connectivity index (χ2v) is 9.31. The molecule has 3 rings (SSSR count). The van der Waals surface area contributed by atoms with Gasteiger partial charge in [-0.05, 0) is 49.8 Å². The predicted octanol–water partition coefficient (Wildman–Crippen LogP) is 3.32. The van der Waals surface area contributed by atoms with E-state index in [1.165, 1.54) is 45.6 Å². The minimum atomic E-state index is -3.92. The molecule has 6 nitrogen and oxygen atoms in total. The van der Waals surface area contributed by atoms with Crippen molar-refractivity contribution in [2.45, 2.75) is 49.5 Å². The molecule has 1 heterocycles. The molecule has 0 N–H and O–H groups in total. The summed E-state index contributed by atoms with van der Waals surface area (Å²) >= 11 is 6.10. The quantitative estimate of drug-likeness (QED) is 0.727. The second kappa shape index (κ2) is 7.84. The van der Waals surface area contributed by atoms with Crippen LogP contribution in [0, 0.1) is 5.92 Å². The van der Waals surface area contributed by atoms with Gasteiger partial charge >= 0.3 is 0 Å². The third kappa shape index (κ3) is 3.63. The number of likely N-dealkylation sites (tertiary alicyclic amines) is 1. The number of carbonyl (C=O) groups is 1. The smallest absolute Gasteiger partial charge is 0.266 e. The first-order chi connectivity index (χ1) is 12.4. The van der Waals surface area contributed by atoms with Gasteiger partial charge in [0.25, 0.3) is 15.9 Å². The third-order valence-corrected chi connectivity index (χ3v) is 7.72. The van der Waals surface area contributed by atoms with Crippen LogP contribution in [-0.4, -0.2) is 50.4 Å². The molecule has 0 spiro atoms. The molecule has 0 radical (unpaired) electrons. The molecular formula is C18H25ClN2O4S. The molecule has 0 aromatic heterocycles. The number of carbonyl (C=O) groups excluding carboxylic acids is 1. The van der Waals surface area contributed by atoms with Crippen molar-refractivity contribution < 1.29 is 18.0 Å². The molecule has 0 bridgehead atoms. The Kier molecular flexibility index (Phi) is 5.91. The Morgan fingerprint density at radius 2 is 1.92 bits per heavy atom. The first-order valence-corrected chi connectivity index (χ1v) is 10.8. The van der Waals surface area contributed by atoms with Crippen molar-refractivity contribution in [1.82, 2.24) is 9.37 Å². The average molecular weight is 401 g/mol. The summed E-state index contributed by atoms with van der Waals surface area (Å²) in [7, 11) is -1.37. The van der Waals surface area contributed by atoms with E-state index in [0.29, 0.717) is 11.5 Å². The van der Waals surface area contributed by atoms with Crippen molar-refractivity contribution >= 4 is 27.5 Å². The third-order valence-electron chi connectivity index (χ3n) is 5.56. The molecule has 26 heavy (non-hydrogen) atoms. The lowest BCUT2D eigenvalue weighted by Gasteiger charge is -2.44. The fourth-order valence-corrected chi connectivity index (χ4v) is 5.59. The number of benzene rings is 1. The van der Waals surface area contributed by atoms with E-state index >= 15 is 0 Å². The molecule has 1 saturated heterocycles. The number of halogens is 1. The zero-order valence-corrected chi connectivity index (χ0v) is 16.7. The van der Waals surface area contributed by atoms with E-state index in [1.54, 1.807) is 6.07 Å². The van der Waals surface area contributed by atoms with Crippen LogP contribution in [0.25, 0.3) is 0 Å². The highest BCUT2D eigenvalue weighted by atomic mass is 35.5. The van der Waals surface area contributed by atoms with Crippen molar-refractivity contribution in [3.63, 3.8) is 0 Å². The maximum absolute atomic E-state index is 13.1. The highest BCUT2D eigenvalue weighted by Gasteiger charge is 2.36. The molecule has 1 aliphatic carbocycles. The Morgan fingerprint density at radius 1 is 1.23 bits per heavy atom. The van der Waals surface area contributed by atoms with Gasteiger partial charge in [0.15, 0.2) is 0 Å². The largest absolute Gasteiger partial charge is 0.335 e. The molecule has 1 aliphatic heterocycles. The van der Waals surface area contributed by atoms with Gasteiger partial charge in [-0.15, -0.1) is 0 Å². The topological polar surface area (TPSA) is 66.9 Å². The molecule has 144 valence electrons. The molecule has 2 unspecified atom stereocenters. The number of hydroxylamine groups is 1. The van der Waals surface area contributed by atoms with Gasteiger partial charge < -0.3 is 4.90 Å². The Hall–Kier alpha value is -1.15. The number of rotatable bonds is 4. The number of fused-ring (bicyclic) bond motifs is 1. The van der Waals surface area contributed by atoms with Crippen LogP contribution >= 0.6 is 11.6 Å². The average Bonchev–Trinajstić information content (AvgIpc) is 2.66. The fraction of sp³-hybridized carbons (Fsp3) is 0.611. The highest BCUT2D eigenvalue weighted by molar-refractivity contribution is 7.89. The number of hydrogen-bond donors (Lipinski definition) is 0. The van der Waals surface area contributed by atoms with Gasteiger partial charge in [0, 0.05) is 25.2 Å². The maximum atomic E-state index is 13.1. The monoisotopic (exact) mass is 400 g/mol. The summed E-state index contributed by atoms with van der Waals surface area (Å²) < 4.78 is 25.8. The fourth-order valence-electron chi connectivity index (χ4n) is 4.11. The summed E-state index contributed by atoms with van der Waals surface area (Å²) in [6, 6.07) is 4.70. The van der Waals surface area contributed by atoms with Crippen molar-refractivity contribution in [2.24, 2.45) is 5.92 Å². The summed E-state index contributed by atoms with van der Waals surface area (Å²) in [5.74, 6) is 0.450. The minimum Gasteiger partial charge on any atom is -0.335 e. The van der Waals surface area contributed by atoms with E-state index in [-0.39, 0.29) is 21.9 Å². The van der Waals surface area contributed by atoms with Crippen LogP contribution in [0.3, 0.4) is 0 Å². The first-order valence-electron chi connectivity index (χ1n) is 9.00. The van der Waals surface area contributed by atoms with Crippen molar-refractivity contribution in [2.75, 3.05) is 20.7 Å². The Morgan fingerprint density at radius 3 is 2.65 bits per heavy atom.